The molecular weight excluding hydrogens is 323 g/mol. The number of halogens is 3. The number of aromatic nitrogens is 4. The van der Waals surface area contributed by atoms with E-state index in [0.717, 1.165) is 25.1 Å². The van der Waals surface area contributed by atoms with Crippen LogP contribution >= 0.6 is 0 Å². The molecule has 1 aliphatic heterocycles. The Balaban J connectivity index is 1.78. The molecule has 0 saturated carbocycles. The Kier molecular flexibility index (Phi) is 4.42. The highest BCUT2D eigenvalue weighted by Gasteiger charge is 2.34. The van der Waals surface area contributed by atoms with Gasteiger partial charge < -0.3 is 9.42 Å². The van der Waals surface area contributed by atoms with Crippen molar-refractivity contribution in [3.05, 3.63) is 29.7 Å². The number of anilines is 1. The smallest absolute Gasteiger partial charge is 0.340 e. The van der Waals surface area contributed by atoms with E-state index in [-0.39, 0.29) is 17.8 Å². The van der Waals surface area contributed by atoms with Crippen LogP contribution in [0.5, 0.6) is 0 Å². The standard InChI is InChI=1S/C15H18F3N5O/c1-9(2)13-21-12(22-24-13)10-4-3-7-23(8-10)14-19-6-5-11(20-14)15(16,17)18/h5-6,9-10H,3-4,7-8H2,1-2H3. The zero-order valence-electron chi connectivity index (χ0n) is 13.4. The first-order valence-electron chi connectivity index (χ1n) is 7.83. The average molecular weight is 341 g/mol. The van der Waals surface area contributed by atoms with Crippen molar-refractivity contribution in [2.75, 3.05) is 18.0 Å². The van der Waals surface area contributed by atoms with Crippen LogP contribution < -0.4 is 4.90 Å². The Morgan fingerprint density at radius 3 is 2.75 bits per heavy atom. The van der Waals surface area contributed by atoms with Gasteiger partial charge in [0.15, 0.2) is 5.82 Å². The van der Waals surface area contributed by atoms with Crippen LogP contribution in [-0.4, -0.2) is 33.2 Å². The van der Waals surface area contributed by atoms with Crippen molar-refractivity contribution < 1.29 is 17.7 Å². The van der Waals surface area contributed by atoms with Crippen LogP contribution in [0.4, 0.5) is 19.1 Å². The fourth-order valence-corrected chi connectivity index (χ4v) is 2.68. The maximum absolute atomic E-state index is 12.8. The summed E-state index contributed by atoms with van der Waals surface area (Å²) in [7, 11) is 0. The van der Waals surface area contributed by atoms with Gasteiger partial charge in [0.05, 0.1) is 0 Å². The highest BCUT2D eigenvalue weighted by atomic mass is 19.4. The number of piperidine rings is 1. The summed E-state index contributed by atoms with van der Waals surface area (Å²) in [6.07, 6.45) is -1.69. The zero-order chi connectivity index (χ0) is 17.3. The van der Waals surface area contributed by atoms with E-state index in [0.29, 0.717) is 24.8 Å². The van der Waals surface area contributed by atoms with Crippen LogP contribution in [0, 0.1) is 0 Å². The zero-order valence-corrected chi connectivity index (χ0v) is 13.4. The summed E-state index contributed by atoms with van der Waals surface area (Å²) in [4.78, 5) is 13.8. The summed E-state index contributed by atoms with van der Waals surface area (Å²) in [6, 6.07) is 0.874. The molecule has 0 amide bonds. The van der Waals surface area contributed by atoms with Crippen molar-refractivity contribution in [2.45, 2.75) is 44.7 Å². The topological polar surface area (TPSA) is 67.9 Å². The molecule has 3 rings (SSSR count). The van der Waals surface area contributed by atoms with Crippen molar-refractivity contribution in [1.82, 2.24) is 20.1 Å². The molecule has 0 aliphatic carbocycles. The molecular formula is C15H18F3N5O. The van der Waals surface area contributed by atoms with E-state index < -0.39 is 11.9 Å². The Morgan fingerprint density at radius 2 is 2.08 bits per heavy atom. The van der Waals surface area contributed by atoms with E-state index in [1.165, 1.54) is 0 Å². The predicted octanol–water partition coefficient (Wildman–Crippen LogP) is 3.39. The quantitative estimate of drug-likeness (QED) is 0.852. The van der Waals surface area contributed by atoms with Crippen molar-refractivity contribution in [2.24, 2.45) is 0 Å². The van der Waals surface area contributed by atoms with E-state index in [2.05, 4.69) is 20.1 Å². The second-order valence-electron chi connectivity index (χ2n) is 6.17. The maximum Gasteiger partial charge on any atom is 0.433 e. The summed E-state index contributed by atoms with van der Waals surface area (Å²) in [5, 5.41) is 4.01. The molecule has 1 fully saturated rings. The van der Waals surface area contributed by atoms with Crippen molar-refractivity contribution in [1.29, 1.82) is 0 Å². The van der Waals surface area contributed by atoms with Gasteiger partial charge in [-0.05, 0) is 18.9 Å². The molecule has 24 heavy (non-hydrogen) atoms. The minimum Gasteiger partial charge on any atom is -0.340 e. The first-order chi connectivity index (χ1) is 11.3. The lowest BCUT2D eigenvalue weighted by Crippen LogP contribution is -2.36. The van der Waals surface area contributed by atoms with E-state index in [1.54, 1.807) is 4.90 Å². The Hall–Kier alpha value is -2.19. The van der Waals surface area contributed by atoms with E-state index in [9.17, 15) is 13.2 Å². The van der Waals surface area contributed by atoms with Crippen molar-refractivity contribution in [3.8, 4) is 0 Å². The molecule has 9 heteroatoms. The number of hydrogen-bond acceptors (Lipinski definition) is 6. The highest BCUT2D eigenvalue weighted by Crippen LogP contribution is 2.31. The largest absolute Gasteiger partial charge is 0.433 e. The van der Waals surface area contributed by atoms with Gasteiger partial charge in [-0.25, -0.2) is 9.97 Å². The molecule has 1 aliphatic rings. The molecule has 1 atom stereocenters. The van der Waals surface area contributed by atoms with Gasteiger partial charge in [-0.15, -0.1) is 0 Å². The fraction of sp³-hybridized carbons (Fsp3) is 0.600. The Bertz CT molecular complexity index is 700. The predicted molar refractivity (Wildman–Crippen MR) is 79.6 cm³/mol. The molecule has 3 heterocycles. The van der Waals surface area contributed by atoms with Crippen LogP contribution in [0.25, 0.3) is 0 Å². The van der Waals surface area contributed by atoms with Gasteiger partial charge in [-0.3, -0.25) is 0 Å². The van der Waals surface area contributed by atoms with Gasteiger partial charge in [0, 0.05) is 31.1 Å². The van der Waals surface area contributed by atoms with Gasteiger partial charge in [0.25, 0.3) is 0 Å². The third kappa shape index (κ3) is 3.49. The number of alkyl halides is 3. The number of rotatable bonds is 3. The lowest BCUT2D eigenvalue weighted by Gasteiger charge is -2.31. The second-order valence-corrected chi connectivity index (χ2v) is 6.17. The summed E-state index contributed by atoms with van der Waals surface area (Å²) in [5.74, 6) is 1.38. The third-order valence-electron chi connectivity index (χ3n) is 3.95. The monoisotopic (exact) mass is 341 g/mol. The van der Waals surface area contributed by atoms with E-state index in [4.69, 9.17) is 4.52 Å². The Labute approximate surface area is 137 Å². The van der Waals surface area contributed by atoms with Gasteiger partial charge >= 0.3 is 6.18 Å². The van der Waals surface area contributed by atoms with Crippen LogP contribution in [0.15, 0.2) is 16.8 Å². The molecule has 0 radical (unpaired) electrons. The first-order valence-corrected chi connectivity index (χ1v) is 7.83. The molecule has 1 saturated heterocycles. The SMILES string of the molecule is CC(C)c1nc(C2CCCN(c3nccc(C(F)(F)F)n3)C2)no1. The lowest BCUT2D eigenvalue weighted by atomic mass is 9.97. The van der Waals surface area contributed by atoms with Crippen LogP contribution in [0.1, 0.15) is 55.9 Å². The van der Waals surface area contributed by atoms with Gasteiger partial charge in [-0.2, -0.15) is 18.2 Å². The van der Waals surface area contributed by atoms with Crippen LogP contribution in [0.2, 0.25) is 0 Å². The Morgan fingerprint density at radius 1 is 1.29 bits per heavy atom. The molecule has 0 bridgehead atoms. The van der Waals surface area contributed by atoms with Gasteiger partial charge in [-0.1, -0.05) is 19.0 Å². The number of nitrogens with zero attached hydrogens (tertiary/aromatic N) is 5. The highest BCUT2D eigenvalue weighted by molar-refractivity contribution is 5.32. The second kappa shape index (κ2) is 6.37. The lowest BCUT2D eigenvalue weighted by molar-refractivity contribution is -0.141. The summed E-state index contributed by atoms with van der Waals surface area (Å²) in [5.41, 5.74) is -0.934. The molecule has 130 valence electrons. The summed E-state index contributed by atoms with van der Waals surface area (Å²) in [6.45, 7) is 4.99. The third-order valence-corrected chi connectivity index (χ3v) is 3.95. The van der Waals surface area contributed by atoms with Crippen molar-refractivity contribution in [3.63, 3.8) is 0 Å². The summed E-state index contributed by atoms with van der Waals surface area (Å²) < 4.78 is 43.7. The fourth-order valence-electron chi connectivity index (χ4n) is 2.68. The van der Waals surface area contributed by atoms with E-state index in [1.807, 2.05) is 13.8 Å². The van der Waals surface area contributed by atoms with Crippen LogP contribution in [-0.2, 0) is 6.18 Å². The molecule has 1 unspecified atom stereocenters. The first kappa shape index (κ1) is 16.7. The molecule has 6 nitrogen and oxygen atoms in total. The summed E-state index contributed by atoms with van der Waals surface area (Å²) >= 11 is 0. The maximum atomic E-state index is 12.8. The molecule has 2 aromatic rings. The van der Waals surface area contributed by atoms with Crippen LogP contribution in [0.3, 0.4) is 0 Å². The van der Waals surface area contributed by atoms with Gasteiger partial charge in [0.2, 0.25) is 11.8 Å². The molecule has 0 N–H and O–H groups in total. The number of hydrogen-bond donors (Lipinski definition) is 0. The van der Waals surface area contributed by atoms with Crippen molar-refractivity contribution >= 4 is 5.95 Å². The van der Waals surface area contributed by atoms with Gasteiger partial charge in [0.1, 0.15) is 5.69 Å². The average Bonchev–Trinajstić information content (AvgIpc) is 3.05. The molecule has 0 spiro atoms. The molecule has 0 aromatic carbocycles. The minimum atomic E-state index is -4.48. The molecule has 2 aromatic heterocycles. The normalized spacial score (nSPS) is 19.1. The minimum absolute atomic E-state index is 0.00635. The van der Waals surface area contributed by atoms with E-state index >= 15 is 0 Å².